The molecular formula is C32H38FN3. The Hall–Kier alpha value is -3.40. The molecule has 3 aromatic carbocycles. The van der Waals surface area contributed by atoms with Crippen molar-refractivity contribution in [1.29, 1.82) is 0 Å². The van der Waals surface area contributed by atoms with E-state index in [1.807, 2.05) is 12.1 Å². The first-order chi connectivity index (χ1) is 17.3. The van der Waals surface area contributed by atoms with Gasteiger partial charge in [0, 0.05) is 23.3 Å². The molecule has 4 heteroatoms. The van der Waals surface area contributed by atoms with Crippen LogP contribution in [0.3, 0.4) is 0 Å². The van der Waals surface area contributed by atoms with E-state index in [-0.39, 0.29) is 11.2 Å². The van der Waals surface area contributed by atoms with Gasteiger partial charge in [-0.2, -0.15) is 5.10 Å². The van der Waals surface area contributed by atoms with Crippen molar-refractivity contribution in [3.8, 4) is 0 Å². The molecular weight excluding hydrogens is 445 g/mol. The zero-order chi connectivity index (χ0) is 25.5. The third kappa shape index (κ3) is 6.84. The van der Waals surface area contributed by atoms with Crippen LogP contribution in [0, 0.1) is 5.82 Å². The lowest BCUT2D eigenvalue weighted by Crippen LogP contribution is -2.19. The molecule has 3 nitrogen and oxygen atoms in total. The molecule has 0 spiro atoms. The number of anilines is 1. The second-order valence-corrected chi connectivity index (χ2v) is 10.6. The van der Waals surface area contributed by atoms with Crippen molar-refractivity contribution in [2.24, 2.45) is 0 Å². The van der Waals surface area contributed by atoms with Gasteiger partial charge in [-0.3, -0.25) is 4.68 Å². The normalized spacial score (nSPS) is 11.6. The van der Waals surface area contributed by atoms with Gasteiger partial charge in [0.1, 0.15) is 5.82 Å². The molecule has 0 aliphatic heterocycles. The van der Waals surface area contributed by atoms with Crippen LogP contribution < -0.4 is 5.32 Å². The summed E-state index contributed by atoms with van der Waals surface area (Å²) in [4.78, 5) is 0. The smallest absolute Gasteiger partial charge is 0.128 e. The lowest BCUT2D eigenvalue weighted by atomic mass is 9.91. The average molecular weight is 484 g/mol. The SMILES string of the molecule is CCCc1ccc(NCc2ccc(Cn3nc(CCc4ccccc4)cc3C(C)(C)C)cc2)cc1F. The number of hydrogen-bond donors (Lipinski definition) is 1. The van der Waals surface area contributed by atoms with E-state index in [1.54, 1.807) is 6.07 Å². The summed E-state index contributed by atoms with van der Waals surface area (Å²) in [5.74, 6) is -0.130. The molecule has 0 saturated heterocycles. The van der Waals surface area contributed by atoms with Crippen molar-refractivity contribution in [1.82, 2.24) is 9.78 Å². The Labute approximate surface area is 215 Å². The highest BCUT2D eigenvalue weighted by atomic mass is 19.1. The van der Waals surface area contributed by atoms with Crippen molar-refractivity contribution in [3.63, 3.8) is 0 Å². The number of nitrogens with zero attached hydrogens (tertiary/aromatic N) is 2. The molecule has 0 fully saturated rings. The monoisotopic (exact) mass is 483 g/mol. The fourth-order valence-electron chi connectivity index (χ4n) is 4.50. The molecule has 0 amide bonds. The Morgan fingerprint density at radius 1 is 0.806 bits per heavy atom. The second-order valence-electron chi connectivity index (χ2n) is 10.6. The summed E-state index contributed by atoms with van der Waals surface area (Å²) in [6.07, 6.45) is 3.65. The van der Waals surface area contributed by atoms with E-state index in [4.69, 9.17) is 5.10 Å². The van der Waals surface area contributed by atoms with Gasteiger partial charge in [-0.25, -0.2) is 4.39 Å². The Kier molecular flexibility index (Phi) is 8.25. The van der Waals surface area contributed by atoms with Gasteiger partial charge in [0.15, 0.2) is 0 Å². The topological polar surface area (TPSA) is 29.9 Å². The summed E-state index contributed by atoms with van der Waals surface area (Å²) in [5.41, 5.74) is 7.73. The van der Waals surface area contributed by atoms with E-state index in [0.29, 0.717) is 6.54 Å². The Bertz CT molecular complexity index is 1250. The van der Waals surface area contributed by atoms with Crippen LogP contribution in [0.2, 0.25) is 0 Å². The number of hydrogen-bond acceptors (Lipinski definition) is 2. The van der Waals surface area contributed by atoms with Crippen molar-refractivity contribution < 1.29 is 4.39 Å². The van der Waals surface area contributed by atoms with Crippen molar-refractivity contribution in [3.05, 3.63) is 118 Å². The van der Waals surface area contributed by atoms with E-state index in [9.17, 15) is 4.39 Å². The van der Waals surface area contributed by atoms with Gasteiger partial charge in [0.05, 0.1) is 12.2 Å². The minimum absolute atomic E-state index is 0.0177. The number of aryl methyl sites for hydroxylation is 3. The molecule has 4 rings (SSSR count). The molecule has 1 N–H and O–H groups in total. The van der Waals surface area contributed by atoms with Crippen LogP contribution >= 0.6 is 0 Å². The lowest BCUT2D eigenvalue weighted by molar-refractivity contribution is 0.504. The maximum absolute atomic E-state index is 14.2. The standard InChI is InChI=1S/C32H38FN3/c1-5-9-27-17-19-28(20-30(27)33)34-22-25-12-14-26(15-13-25)23-36-31(32(2,3)4)21-29(35-36)18-16-24-10-7-6-8-11-24/h6-8,10-15,17,19-21,34H,5,9,16,18,22-23H2,1-4H3. The molecule has 1 heterocycles. The number of aromatic nitrogens is 2. The lowest BCUT2D eigenvalue weighted by Gasteiger charge is -2.20. The number of rotatable bonds is 10. The average Bonchev–Trinajstić information content (AvgIpc) is 3.28. The van der Waals surface area contributed by atoms with Gasteiger partial charge in [-0.1, -0.05) is 94.8 Å². The Balaban J connectivity index is 1.40. The van der Waals surface area contributed by atoms with E-state index in [0.717, 1.165) is 54.7 Å². The third-order valence-corrected chi connectivity index (χ3v) is 6.54. The van der Waals surface area contributed by atoms with E-state index < -0.39 is 0 Å². The minimum Gasteiger partial charge on any atom is -0.381 e. The van der Waals surface area contributed by atoms with Crippen molar-refractivity contribution >= 4 is 5.69 Å². The predicted molar refractivity (Wildman–Crippen MR) is 148 cm³/mol. The third-order valence-electron chi connectivity index (χ3n) is 6.54. The fraction of sp³-hybridized carbons (Fsp3) is 0.344. The van der Waals surface area contributed by atoms with E-state index in [2.05, 4.69) is 98.4 Å². The highest BCUT2D eigenvalue weighted by molar-refractivity contribution is 5.46. The summed E-state index contributed by atoms with van der Waals surface area (Å²) >= 11 is 0. The molecule has 0 radical (unpaired) electrons. The summed E-state index contributed by atoms with van der Waals surface area (Å²) in [6, 6.07) is 26.9. The molecule has 0 saturated carbocycles. The summed E-state index contributed by atoms with van der Waals surface area (Å²) < 4.78 is 16.4. The maximum Gasteiger partial charge on any atom is 0.128 e. The summed E-state index contributed by atoms with van der Waals surface area (Å²) in [6.45, 7) is 10.2. The fourth-order valence-corrected chi connectivity index (χ4v) is 4.50. The molecule has 0 aliphatic rings. The van der Waals surface area contributed by atoms with Gasteiger partial charge in [-0.05, 0) is 59.7 Å². The largest absolute Gasteiger partial charge is 0.381 e. The first-order valence-electron chi connectivity index (χ1n) is 13.0. The van der Waals surface area contributed by atoms with Gasteiger partial charge in [-0.15, -0.1) is 0 Å². The van der Waals surface area contributed by atoms with E-state index in [1.165, 1.54) is 16.8 Å². The second kappa shape index (κ2) is 11.6. The van der Waals surface area contributed by atoms with Gasteiger partial charge in [0.2, 0.25) is 0 Å². The minimum atomic E-state index is -0.130. The molecule has 0 atom stereocenters. The number of benzene rings is 3. The van der Waals surface area contributed by atoms with Crippen LogP contribution in [-0.2, 0) is 37.8 Å². The van der Waals surface area contributed by atoms with Crippen LogP contribution in [0.15, 0.2) is 78.9 Å². The molecule has 0 bridgehead atoms. The first kappa shape index (κ1) is 25.7. The van der Waals surface area contributed by atoms with Crippen LogP contribution in [-0.4, -0.2) is 9.78 Å². The zero-order valence-corrected chi connectivity index (χ0v) is 22.0. The van der Waals surface area contributed by atoms with Gasteiger partial charge < -0.3 is 5.32 Å². The van der Waals surface area contributed by atoms with Crippen LogP contribution in [0.4, 0.5) is 10.1 Å². The van der Waals surface area contributed by atoms with Crippen LogP contribution in [0.1, 0.15) is 67.8 Å². The van der Waals surface area contributed by atoms with Crippen molar-refractivity contribution in [2.75, 3.05) is 5.32 Å². The van der Waals surface area contributed by atoms with Crippen LogP contribution in [0.25, 0.3) is 0 Å². The predicted octanol–water partition coefficient (Wildman–Crippen LogP) is 7.72. The maximum atomic E-state index is 14.2. The molecule has 0 unspecified atom stereocenters. The molecule has 4 aromatic rings. The van der Waals surface area contributed by atoms with E-state index >= 15 is 0 Å². The highest BCUT2D eigenvalue weighted by Gasteiger charge is 2.21. The number of halogens is 1. The molecule has 188 valence electrons. The quantitative estimate of drug-likeness (QED) is 0.250. The highest BCUT2D eigenvalue weighted by Crippen LogP contribution is 2.25. The molecule has 36 heavy (non-hydrogen) atoms. The summed E-state index contributed by atoms with van der Waals surface area (Å²) in [7, 11) is 0. The van der Waals surface area contributed by atoms with Gasteiger partial charge in [0.25, 0.3) is 0 Å². The Morgan fingerprint density at radius 3 is 2.19 bits per heavy atom. The van der Waals surface area contributed by atoms with Crippen molar-refractivity contribution in [2.45, 2.75) is 71.9 Å². The molecule has 0 aliphatic carbocycles. The summed E-state index contributed by atoms with van der Waals surface area (Å²) in [5, 5.41) is 8.33. The zero-order valence-electron chi connectivity index (χ0n) is 22.0. The molecule has 1 aromatic heterocycles. The first-order valence-corrected chi connectivity index (χ1v) is 13.0. The van der Waals surface area contributed by atoms with Crippen LogP contribution in [0.5, 0.6) is 0 Å². The number of nitrogens with one attached hydrogen (secondary N) is 1. The Morgan fingerprint density at radius 2 is 1.53 bits per heavy atom. The van der Waals surface area contributed by atoms with Gasteiger partial charge >= 0.3 is 0 Å².